The average molecular weight is 380 g/mol. The van der Waals surface area contributed by atoms with Crippen molar-refractivity contribution in [2.75, 3.05) is 14.2 Å². The first kappa shape index (κ1) is 17.7. The van der Waals surface area contributed by atoms with Crippen molar-refractivity contribution in [1.82, 2.24) is 9.97 Å². The fraction of sp³-hybridized carbons (Fsp3) is 0.200. The Kier molecular flexibility index (Phi) is 4.52. The maximum absolute atomic E-state index is 12.2. The van der Waals surface area contributed by atoms with Crippen molar-refractivity contribution in [2.24, 2.45) is 0 Å². The first-order valence-electron chi connectivity index (χ1n) is 8.53. The van der Waals surface area contributed by atoms with E-state index in [-0.39, 0.29) is 24.6 Å². The Bertz CT molecular complexity index is 1190. The van der Waals surface area contributed by atoms with Gasteiger partial charge in [0.15, 0.2) is 11.8 Å². The number of rotatable bonds is 5. The molecule has 0 saturated carbocycles. The molecule has 0 aliphatic heterocycles. The summed E-state index contributed by atoms with van der Waals surface area (Å²) in [5.74, 6) is 1.57. The molecule has 8 nitrogen and oxygen atoms in total. The minimum absolute atomic E-state index is 0.238. The Labute approximate surface area is 158 Å². The van der Waals surface area contributed by atoms with E-state index in [9.17, 15) is 9.59 Å². The smallest absolute Gasteiger partial charge is 0.346 e. The molecule has 28 heavy (non-hydrogen) atoms. The molecule has 0 N–H and O–H groups in total. The van der Waals surface area contributed by atoms with E-state index in [1.54, 1.807) is 36.4 Å². The molecule has 0 bridgehead atoms. The van der Waals surface area contributed by atoms with Crippen LogP contribution in [0.25, 0.3) is 21.8 Å². The second-order valence-electron chi connectivity index (χ2n) is 6.06. The highest BCUT2D eigenvalue weighted by Crippen LogP contribution is 2.19. The number of aromatic nitrogens is 2. The summed E-state index contributed by atoms with van der Waals surface area (Å²) < 4.78 is 20.8. The van der Waals surface area contributed by atoms with E-state index in [0.29, 0.717) is 33.3 Å². The van der Waals surface area contributed by atoms with Crippen LogP contribution in [0.2, 0.25) is 0 Å². The van der Waals surface area contributed by atoms with Gasteiger partial charge < -0.3 is 18.3 Å². The van der Waals surface area contributed by atoms with Gasteiger partial charge in [-0.25, -0.2) is 19.6 Å². The molecule has 0 spiro atoms. The van der Waals surface area contributed by atoms with Crippen molar-refractivity contribution in [3.63, 3.8) is 0 Å². The first-order chi connectivity index (χ1) is 13.6. The van der Waals surface area contributed by atoms with Crippen LogP contribution in [-0.2, 0) is 12.8 Å². The highest BCUT2D eigenvalue weighted by molar-refractivity contribution is 5.79. The van der Waals surface area contributed by atoms with Crippen LogP contribution < -0.4 is 20.7 Å². The molecule has 0 aliphatic carbocycles. The molecule has 2 aromatic carbocycles. The van der Waals surface area contributed by atoms with E-state index < -0.39 is 11.3 Å². The molecule has 4 rings (SSSR count). The van der Waals surface area contributed by atoms with Crippen molar-refractivity contribution in [2.45, 2.75) is 12.8 Å². The van der Waals surface area contributed by atoms with Crippen LogP contribution in [-0.4, -0.2) is 24.2 Å². The van der Waals surface area contributed by atoms with E-state index in [4.69, 9.17) is 18.3 Å². The first-order valence-corrected chi connectivity index (χ1v) is 8.53. The maximum atomic E-state index is 12.2. The third-order valence-electron chi connectivity index (χ3n) is 4.31. The molecular formula is C20H16N2O6. The van der Waals surface area contributed by atoms with E-state index in [1.165, 1.54) is 14.2 Å². The van der Waals surface area contributed by atoms with Gasteiger partial charge in [0.05, 0.1) is 36.0 Å². The predicted molar refractivity (Wildman–Crippen MR) is 101 cm³/mol. The fourth-order valence-corrected chi connectivity index (χ4v) is 2.87. The Hall–Kier alpha value is -3.68. The Morgan fingerprint density at radius 1 is 0.750 bits per heavy atom. The Morgan fingerprint density at radius 3 is 1.57 bits per heavy atom. The molecule has 0 atom stereocenters. The molecule has 0 saturated heterocycles. The maximum Gasteiger partial charge on any atom is 0.346 e. The lowest BCUT2D eigenvalue weighted by Crippen LogP contribution is -2.09. The van der Waals surface area contributed by atoms with Crippen LogP contribution in [0.3, 0.4) is 0 Å². The SMILES string of the molecule is COc1ccc2nc(CCc3nc4ccc(OC)cc4c(=O)o3)oc(=O)c2c1. The number of benzene rings is 2. The second kappa shape index (κ2) is 7.15. The summed E-state index contributed by atoms with van der Waals surface area (Å²) in [6.07, 6.45) is 0.517. The van der Waals surface area contributed by atoms with Gasteiger partial charge in [0.2, 0.25) is 0 Å². The van der Waals surface area contributed by atoms with Gasteiger partial charge in [-0.2, -0.15) is 0 Å². The number of methoxy groups -OCH3 is 2. The highest BCUT2D eigenvalue weighted by atomic mass is 16.5. The highest BCUT2D eigenvalue weighted by Gasteiger charge is 2.11. The van der Waals surface area contributed by atoms with Crippen LogP contribution in [0, 0.1) is 0 Å². The lowest BCUT2D eigenvalue weighted by atomic mass is 10.2. The normalized spacial score (nSPS) is 11.1. The van der Waals surface area contributed by atoms with Crippen LogP contribution in [0.1, 0.15) is 11.8 Å². The zero-order valence-corrected chi connectivity index (χ0v) is 15.2. The van der Waals surface area contributed by atoms with Crippen LogP contribution in [0.15, 0.2) is 54.8 Å². The van der Waals surface area contributed by atoms with Gasteiger partial charge in [-0.05, 0) is 36.4 Å². The quantitative estimate of drug-likeness (QED) is 0.520. The number of aryl methyl sites for hydroxylation is 2. The van der Waals surface area contributed by atoms with Gasteiger partial charge in [0.1, 0.15) is 11.5 Å². The molecule has 0 fully saturated rings. The van der Waals surface area contributed by atoms with Crippen molar-refractivity contribution in [3.05, 3.63) is 69.0 Å². The molecule has 2 aromatic heterocycles. The number of ether oxygens (including phenoxy) is 2. The number of nitrogens with zero attached hydrogens (tertiary/aromatic N) is 2. The van der Waals surface area contributed by atoms with E-state index in [1.807, 2.05) is 0 Å². The van der Waals surface area contributed by atoms with E-state index >= 15 is 0 Å². The predicted octanol–water partition coefficient (Wildman–Crippen LogP) is 2.49. The van der Waals surface area contributed by atoms with Crippen LogP contribution in [0.4, 0.5) is 0 Å². The van der Waals surface area contributed by atoms with Crippen molar-refractivity contribution >= 4 is 21.8 Å². The lowest BCUT2D eigenvalue weighted by molar-refractivity contribution is 0.406. The summed E-state index contributed by atoms with van der Waals surface area (Å²) >= 11 is 0. The van der Waals surface area contributed by atoms with Gasteiger partial charge in [0, 0.05) is 12.8 Å². The van der Waals surface area contributed by atoms with Gasteiger partial charge in [0.25, 0.3) is 0 Å². The van der Waals surface area contributed by atoms with Crippen LogP contribution >= 0.6 is 0 Å². The topological polar surface area (TPSA) is 105 Å². The molecule has 8 heteroatoms. The summed E-state index contributed by atoms with van der Waals surface area (Å²) in [4.78, 5) is 33.1. The molecule has 0 amide bonds. The summed E-state index contributed by atoms with van der Waals surface area (Å²) in [5, 5.41) is 0.680. The fourth-order valence-electron chi connectivity index (χ4n) is 2.87. The van der Waals surface area contributed by atoms with Gasteiger partial charge in [-0.3, -0.25) is 0 Å². The Morgan fingerprint density at radius 2 is 1.18 bits per heavy atom. The molecule has 0 radical (unpaired) electrons. The third kappa shape index (κ3) is 3.32. The van der Waals surface area contributed by atoms with Crippen LogP contribution in [0.5, 0.6) is 11.5 Å². The van der Waals surface area contributed by atoms with Crippen molar-refractivity contribution in [3.8, 4) is 11.5 Å². The molecule has 142 valence electrons. The second-order valence-corrected chi connectivity index (χ2v) is 6.06. The number of hydrogen-bond acceptors (Lipinski definition) is 8. The number of fused-ring (bicyclic) bond motifs is 2. The average Bonchev–Trinajstić information content (AvgIpc) is 2.72. The minimum atomic E-state index is -0.501. The standard InChI is InChI=1S/C20H16N2O6/c1-25-11-3-5-15-13(9-11)19(23)27-17(21-15)7-8-18-22-16-6-4-12(26-2)10-14(16)20(24)28-18/h3-6,9-10H,7-8H2,1-2H3. The molecule has 2 heterocycles. The van der Waals surface area contributed by atoms with Gasteiger partial charge in [-0.1, -0.05) is 0 Å². The zero-order chi connectivity index (χ0) is 19.7. The van der Waals surface area contributed by atoms with E-state index in [2.05, 4.69) is 9.97 Å². The summed E-state index contributed by atoms with van der Waals surface area (Å²) in [6.45, 7) is 0. The monoisotopic (exact) mass is 380 g/mol. The summed E-state index contributed by atoms with van der Waals surface area (Å²) in [5.41, 5.74) is 0.0111. The number of hydrogen-bond donors (Lipinski definition) is 0. The third-order valence-corrected chi connectivity index (χ3v) is 4.31. The van der Waals surface area contributed by atoms with E-state index in [0.717, 1.165) is 0 Å². The van der Waals surface area contributed by atoms with Crippen molar-refractivity contribution < 1.29 is 18.3 Å². The molecule has 0 unspecified atom stereocenters. The molecule has 4 aromatic rings. The molecule has 0 aliphatic rings. The van der Waals surface area contributed by atoms with Crippen molar-refractivity contribution in [1.29, 1.82) is 0 Å². The Balaban J connectivity index is 1.62. The summed E-state index contributed by atoms with van der Waals surface area (Å²) in [7, 11) is 3.04. The summed E-state index contributed by atoms with van der Waals surface area (Å²) in [6, 6.07) is 9.98. The minimum Gasteiger partial charge on any atom is -0.497 e. The van der Waals surface area contributed by atoms with Gasteiger partial charge in [-0.15, -0.1) is 0 Å². The van der Waals surface area contributed by atoms with Gasteiger partial charge >= 0.3 is 11.3 Å². The lowest BCUT2D eigenvalue weighted by Gasteiger charge is -2.04. The zero-order valence-electron chi connectivity index (χ0n) is 15.2. The molecular weight excluding hydrogens is 364 g/mol. The largest absolute Gasteiger partial charge is 0.497 e.